The summed E-state index contributed by atoms with van der Waals surface area (Å²) in [6.07, 6.45) is 2.98. The van der Waals surface area contributed by atoms with Gasteiger partial charge in [0.1, 0.15) is 0 Å². The van der Waals surface area contributed by atoms with E-state index in [4.69, 9.17) is 10.6 Å². The second kappa shape index (κ2) is 8.20. The van der Waals surface area contributed by atoms with Gasteiger partial charge in [-0.1, -0.05) is 6.92 Å². The molecule has 3 N–H and O–H groups in total. The van der Waals surface area contributed by atoms with E-state index in [0.29, 0.717) is 6.04 Å². The monoisotopic (exact) mass is 306 g/mol. The standard InChI is InChI=1S/C11H19BrN2OS/c1-2-4-15-5-3-10(14-13)7-11-6-9(12)8-16-11/h6,8,10,14H,2-5,7,13H2,1H3. The number of nitrogens with one attached hydrogen (secondary N) is 1. The molecule has 1 rings (SSSR count). The van der Waals surface area contributed by atoms with Crippen molar-refractivity contribution in [3.8, 4) is 0 Å². The molecule has 1 unspecified atom stereocenters. The molecular weight excluding hydrogens is 288 g/mol. The van der Waals surface area contributed by atoms with Crippen molar-refractivity contribution < 1.29 is 4.74 Å². The minimum absolute atomic E-state index is 0.294. The highest BCUT2D eigenvalue weighted by Crippen LogP contribution is 2.21. The summed E-state index contributed by atoms with van der Waals surface area (Å²) in [7, 11) is 0. The maximum Gasteiger partial charge on any atom is 0.0481 e. The molecule has 0 saturated heterocycles. The third kappa shape index (κ3) is 5.41. The molecule has 1 aromatic heterocycles. The zero-order chi connectivity index (χ0) is 11.8. The van der Waals surface area contributed by atoms with Gasteiger partial charge in [-0.25, -0.2) is 0 Å². The molecule has 0 aliphatic rings. The van der Waals surface area contributed by atoms with Crippen LogP contribution in [0.25, 0.3) is 0 Å². The van der Waals surface area contributed by atoms with Crippen LogP contribution < -0.4 is 11.3 Å². The van der Waals surface area contributed by atoms with Gasteiger partial charge in [0.15, 0.2) is 0 Å². The predicted octanol–water partition coefficient (Wildman–Crippen LogP) is 2.70. The van der Waals surface area contributed by atoms with Gasteiger partial charge in [-0.05, 0) is 41.3 Å². The van der Waals surface area contributed by atoms with Crippen LogP contribution in [0.3, 0.4) is 0 Å². The van der Waals surface area contributed by atoms with Gasteiger partial charge in [-0.15, -0.1) is 11.3 Å². The topological polar surface area (TPSA) is 47.3 Å². The van der Waals surface area contributed by atoms with Crippen molar-refractivity contribution in [1.82, 2.24) is 5.43 Å². The van der Waals surface area contributed by atoms with Crippen LogP contribution in [0, 0.1) is 0 Å². The number of rotatable bonds is 8. The average Bonchev–Trinajstić information content (AvgIpc) is 2.68. The number of ether oxygens (including phenoxy) is 1. The Labute approximate surface area is 109 Å². The fourth-order valence-electron chi connectivity index (χ4n) is 1.42. The van der Waals surface area contributed by atoms with Crippen molar-refractivity contribution in [2.75, 3.05) is 13.2 Å². The zero-order valence-electron chi connectivity index (χ0n) is 9.54. The van der Waals surface area contributed by atoms with Gasteiger partial charge < -0.3 is 4.74 Å². The van der Waals surface area contributed by atoms with Crippen LogP contribution in [0.1, 0.15) is 24.6 Å². The lowest BCUT2D eigenvalue weighted by atomic mass is 10.1. The van der Waals surface area contributed by atoms with Crippen molar-refractivity contribution in [2.24, 2.45) is 5.84 Å². The Bertz CT molecular complexity index is 293. The van der Waals surface area contributed by atoms with Crippen LogP contribution in [0.4, 0.5) is 0 Å². The van der Waals surface area contributed by atoms with Crippen LogP contribution in [-0.2, 0) is 11.2 Å². The summed E-state index contributed by atoms with van der Waals surface area (Å²) in [6.45, 7) is 3.72. The van der Waals surface area contributed by atoms with Crippen molar-refractivity contribution in [3.05, 3.63) is 20.8 Å². The zero-order valence-corrected chi connectivity index (χ0v) is 11.9. The molecule has 1 heterocycles. The second-order valence-electron chi connectivity index (χ2n) is 3.70. The second-order valence-corrected chi connectivity index (χ2v) is 5.61. The molecule has 0 spiro atoms. The number of thiophene rings is 1. The molecule has 1 atom stereocenters. The Balaban J connectivity index is 2.26. The van der Waals surface area contributed by atoms with Crippen molar-refractivity contribution in [2.45, 2.75) is 32.2 Å². The molecule has 0 amide bonds. The van der Waals surface area contributed by atoms with Gasteiger partial charge >= 0.3 is 0 Å². The molecule has 0 radical (unpaired) electrons. The van der Waals surface area contributed by atoms with E-state index in [9.17, 15) is 0 Å². The number of hydrogen-bond donors (Lipinski definition) is 2. The SMILES string of the molecule is CCCOCCC(Cc1cc(Br)cs1)NN. The van der Waals surface area contributed by atoms with Gasteiger partial charge in [-0.3, -0.25) is 11.3 Å². The maximum atomic E-state index is 5.53. The van der Waals surface area contributed by atoms with Crippen LogP contribution in [0.2, 0.25) is 0 Å². The summed E-state index contributed by atoms with van der Waals surface area (Å²) >= 11 is 5.20. The average molecular weight is 307 g/mol. The Morgan fingerprint density at radius 2 is 2.38 bits per heavy atom. The first-order valence-corrected chi connectivity index (χ1v) is 7.20. The molecule has 0 aliphatic heterocycles. The normalized spacial score (nSPS) is 12.9. The summed E-state index contributed by atoms with van der Waals surface area (Å²) in [5, 5.41) is 2.09. The Hall–Kier alpha value is 0.0600. The molecular formula is C11H19BrN2OS. The quantitative estimate of drug-likeness (QED) is 0.441. The first-order valence-electron chi connectivity index (χ1n) is 5.53. The van der Waals surface area contributed by atoms with Crippen molar-refractivity contribution in [1.29, 1.82) is 0 Å². The molecule has 16 heavy (non-hydrogen) atoms. The lowest BCUT2D eigenvalue weighted by molar-refractivity contribution is 0.124. The minimum Gasteiger partial charge on any atom is -0.381 e. The Kier molecular flexibility index (Phi) is 7.23. The van der Waals surface area contributed by atoms with Gasteiger partial charge in [0.2, 0.25) is 0 Å². The van der Waals surface area contributed by atoms with E-state index >= 15 is 0 Å². The van der Waals surface area contributed by atoms with Crippen molar-refractivity contribution >= 4 is 27.3 Å². The molecule has 0 bridgehead atoms. The summed E-state index contributed by atoms with van der Waals surface area (Å²) in [5.41, 5.74) is 2.85. The Morgan fingerprint density at radius 1 is 1.56 bits per heavy atom. The highest BCUT2D eigenvalue weighted by Gasteiger charge is 2.09. The van der Waals surface area contributed by atoms with Gasteiger partial charge in [-0.2, -0.15) is 0 Å². The van der Waals surface area contributed by atoms with Crippen LogP contribution in [0.5, 0.6) is 0 Å². The highest BCUT2D eigenvalue weighted by molar-refractivity contribution is 9.10. The fourth-order valence-corrected chi connectivity index (χ4v) is 2.95. The van der Waals surface area contributed by atoms with E-state index in [0.717, 1.165) is 36.9 Å². The summed E-state index contributed by atoms with van der Waals surface area (Å²) in [6, 6.07) is 2.43. The third-order valence-corrected chi connectivity index (χ3v) is 3.98. The third-order valence-electron chi connectivity index (χ3n) is 2.26. The van der Waals surface area contributed by atoms with E-state index in [-0.39, 0.29) is 0 Å². The fraction of sp³-hybridized carbons (Fsp3) is 0.636. The van der Waals surface area contributed by atoms with E-state index in [1.807, 2.05) is 0 Å². The van der Waals surface area contributed by atoms with E-state index in [2.05, 4.69) is 39.7 Å². The molecule has 1 aromatic rings. The molecule has 3 nitrogen and oxygen atoms in total. The lowest BCUT2D eigenvalue weighted by Gasteiger charge is -2.14. The summed E-state index contributed by atoms with van der Waals surface area (Å²) in [5.74, 6) is 5.53. The summed E-state index contributed by atoms with van der Waals surface area (Å²) < 4.78 is 6.60. The predicted molar refractivity (Wildman–Crippen MR) is 72.6 cm³/mol. The molecule has 0 aromatic carbocycles. The smallest absolute Gasteiger partial charge is 0.0481 e. The van der Waals surface area contributed by atoms with Gasteiger partial charge in [0.25, 0.3) is 0 Å². The van der Waals surface area contributed by atoms with Gasteiger partial charge in [0, 0.05) is 34.0 Å². The first-order chi connectivity index (χ1) is 7.76. The van der Waals surface area contributed by atoms with Crippen molar-refractivity contribution in [3.63, 3.8) is 0 Å². The van der Waals surface area contributed by atoms with E-state index in [1.165, 1.54) is 4.88 Å². The van der Waals surface area contributed by atoms with E-state index in [1.54, 1.807) is 11.3 Å². The summed E-state index contributed by atoms with van der Waals surface area (Å²) in [4.78, 5) is 1.34. The van der Waals surface area contributed by atoms with Gasteiger partial charge in [0.05, 0.1) is 0 Å². The van der Waals surface area contributed by atoms with Crippen LogP contribution in [0.15, 0.2) is 15.9 Å². The number of nitrogens with two attached hydrogens (primary N) is 1. The largest absolute Gasteiger partial charge is 0.381 e. The number of halogens is 1. The molecule has 0 fully saturated rings. The lowest BCUT2D eigenvalue weighted by Crippen LogP contribution is -2.37. The number of hydrogen-bond acceptors (Lipinski definition) is 4. The minimum atomic E-state index is 0.294. The molecule has 92 valence electrons. The van der Waals surface area contributed by atoms with Crippen LogP contribution >= 0.6 is 27.3 Å². The highest BCUT2D eigenvalue weighted by atomic mass is 79.9. The first kappa shape index (κ1) is 14.1. The molecule has 0 saturated carbocycles. The number of hydrazine groups is 1. The molecule has 0 aliphatic carbocycles. The van der Waals surface area contributed by atoms with E-state index < -0.39 is 0 Å². The van der Waals surface area contributed by atoms with Crippen LogP contribution in [-0.4, -0.2) is 19.3 Å². The Morgan fingerprint density at radius 3 is 2.94 bits per heavy atom. The maximum absolute atomic E-state index is 5.53. The molecule has 5 heteroatoms.